The maximum atomic E-state index is 13.6. The van der Waals surface area contributed by atoms with E-state index in [1.54, 1.807) is 34.9 Å². The molecule has 0 radical (unpaired) electrons. The summed E-state index contributed by atoms with van der Waals surface area (Å²) in [5.41, 5.74) is -0.152. The Labute approximate surface area is 175 Å². The van der Waals surface area contributed by atoms with Crippen LogP contribution in [0.2, 0.25) is 0 Å². The van der Waals surface area contributed by atoms with E-state index < -0.39 is 22.4 Å². The summed E-state index contributed by atoms with van der Waals surface area (Å²) in [7, 11) is 0. The number of nitrogens with one attached hydrogen (secondary N) is 2. The number of fused-ring (bicyclic) bond motifs is 1. The Bertz CT molecular complexity index is 1110. The molecule has 2 aromatic carbocycles. The zero-order valence-corrected chi connectivity index (χ0v) is 16.4. The molecule has 0 aliphatic carbocycles. The first-order valence-electron chi connectivity index (χ1n) is 9.27. The molecule has 1 aliphatic heterocycles. The minimum atomic E-state index is -0.728. The predicted octanol–water partition coefficient (Wildman–Crippen LogP) is 3.80. The summed E-state index contributed by atoms with van der Waals surface area (Å²) in [6.07, 6.45) is 1.33. The van der Waals surface area contributed by atoms with Crippen molar-refractivity contribution in [3.05, 3.63) is 70.7 Å². The Morgan fingerprint density at radius 2 is 2.03 bits per heavy atom. The fourth-order valence-corrected chi connectivity index (χ4v) is 3.07. The topological polar surface area (TPSA) is 121 Å². The number of hydrogen-bond donors (Lipinski definition) is 2. The normalized spacial score (nSPS) is 16.8. The smallest absolute Gasteiger partial charge is 0.415 e. The van der Waals surface area contributed by atoms with Crippen molar-refractivity contribution in [3.63, 3.8) is 0 Å². The van der Waals surface area contributed by atoms with E-state index in [4.69, 9.17) is 9.47 Å². The molecule has 0 fully saturated rings. The number of nitro groups is 1. The highest BCUT2D eigenvalue weighted by molar-refractivity contribution is 5.99. The van der Waals surface area contributed by atoms with Crippen LogP contribution in [0.4, 0.5) is 26.4 Å². The van der Waals surface area contributed by atoms with Crippen molar-refractivity contribution in [2.75, 3.05) is 17.2 Å². The Hall–Kier alpha value is -4.15. The quantitative estimate of drug-likeness (QED) is 0.456. The molecule has 3 aromatic rings. The number of benzene rings is 2. The Kier molecular flexibility index (Phi) is 5.15. The standard InChI is InChI=1S/C20H18FN5O5/c1-20(11-25-10-17(26(28)29)24-19(25)31-20)12-30-14-8-6-13(7-9-14)22-18(27)23-16-5-3-2-4-15(16)21/h2-10H,11-12H2,1H3,(H2,22,23,27)/t20-/m1/s1. The van der Waals surface area contributed by atoms with Crippen LogP contribution in [0.15, 0.2) is 54.7 Å². The van der Waals surface area contributed by atoms with E-state index in [0.717, 1.165) is 0 Å². The number of urea groups is 1. The Morgan fingerprint density at radius 3 is 2.71 bits per heavy atom. The van der Waals surface area contributed by atoms with Crippen molar-refractivity contribution >= 4 is 23.2 Å². The number of rotatable bonds is 6. The number of para-hydroxylation sites is 1. The number of amides is 2. The van der Waals surface area contributed by atoms with Gasteiger partial charge >= 0.3 is 17.9 Å². The van der Waals surface area contributed by atoms with Gasteiger partial charge in [-0.25, -0.2) is 9.18 Å². The minimum absolute atomic E-state index is 0.0787. The van der Waals surface area contributed by atoms with Crippen LogP contribution < -0.4 is 20.1 Å². The van der Waals surface area contributed by atoms with Crippen LogP contribution in [0.3, 0.4) is 0 Å². The number of nitrogens with zero attached hydrogens (tertiary/aromatic N) is 3. The summed E-state index contributed by atoms with van der Waals surface area (Å²) in [6, 6.07) is 12.1. The maximum absolute atomic E-state index is 13.6. The van der Waals surface area contributed by atoms with E-state index in [9.17, 15) is 19.3 Å². The van der Waals surface area contributed by atoms with Gasteiger partial charge in [-0.2, -0.15) is 0 Å². The summed E-state index contributed by atoms with van der Waals surface area (Å²) in [4.78, 5) is 26.1. The fraction of sp³-hybridized carbons (Fsp3) is 0.200. The van der Waals surface area contributed by atoms with Gasteiger partial charge in [0.25, 0.3) is 0 Å². The third-order valence-corrected chi connectivity index (χ3v) is 4.54. The average Bonchev–Trinajstić information content (AvgIpc) is 3.25. The first kappa shape index (κ1) is 20.1. The molecule has 10 nitrogen and oxygen atoms in total. The minimum Gasteiger partial charge on any atom is -0.489 e. The number of imidazole rings is 1. The van der Waals surface area contributed by atoms with Gasteiger partial charge in [0.05, 0.1) is 12.2 Å². The van der Waals surface area contributed by atoms with Gasteiger partial charge in [0.15, 0.2) is 5.60 Å². The second-order valence-electron chi connectivity index (χ2n) is 7.19. The molecule has 2 amide bonds. The van der Waals surface area contributed by atoms with Gasteiger partial charge in [-0.15, -0.1) is 0 Å². The summed E-state index contributed by atoms with van der Waals surface area (Å²) in [5.74, 6) is -0.249. The molecule has 1 atom stereocenters. The van der Waals surface area contributed by atoms with Gasteiger partial charge in [0.2, 0.25) is 0 Å². The van der Waals surface area contributed by atoms with Crippen molar-refractivity contribution in [2.45, 2.75) is 19.1 Å². The van der Waals surface area contributed by atoms with Gasteiger partial charge in [0.1, 0.15) is 24.4 Å². The highest BCUT2D eigenvalue weighted by Crippen LogP contribution is 2.31. The molecule has 0 saturated carbocycles. The molecule has 11 heteroatoms. The van der Waals surface area contributed by atoms with Crippen molar-refractivity contribution in [1.82, 2.24) is 9.55 Å². The number of ether oxygens (including phenoxy) is 2. The van der Waals surface area contributed by atoms with Gasteiger partial charge < -0.3 is 30.2 Å². The molecule has 1 aromatic heterocycles. The summed E-state index contributed by atoms with van der Waals surface area (Å²) in [5, 5.41) is 15.8. The molecule has 0 spiro atoms. The highest BCUT2D eigenvalue weighted by Gasteiger charge is 2.41. The molecular formula is C20H18FN5O5. The average molecular weight is 427 g/mol. The second-order valence-corrected chi connectivity index (χ2v) is 7.19. The lowest BCUT2D eigenvalue weighted by Crippen LogP contribution is -2.38. The zero-order valence-electron chi connectivity index (χ0n) is 16.4. The monoisotopic (exact) mass is 427 g/mol. The SMILES string of the molecule is C[C@]1(COc2ccc(NC(=O)Nc3ccccc3F)cc2)Cn2cc([N+](=O)[O-])nc2O1. The van der Waals surface area contributed by atoms with Crippen LogP contribution in [0, 0.1) is 15.9 Å². The van der Waals surface area contributed by atoms with Crippen LogP contribution in [0.5, 0.6) is 11.8 Å². The van der Waals surface area contributed by atoms with Gasteiger partial charge in [0, 0.05) is 10.7 Å². The zero-order chi connectivity index (χ0) is 22.0. The molecule has 0 bridgehead atoms. The van der Waals surface area contributed by atoms with Gasteiger partial charge in [-0.1, -0.05) is 12.1 Å². The third-order valence-electron chi connectivity index (χ3n) is 4.54. The van der Waals surface area contributed by atoms with Crippen LogP contribution in [-0.4, -0.2) is 32.7 Å². The number of halogens is 1. The first-order chi connectivity index (χ1) is 14.8. The molecule has 1 aliphatic rings. The molecule has 4 rings (SSSR count). The first-order valence-corrected chi connectivity index (χ1v) is 9.27. The van der Waals surface area contributed by atoms with Crippen molar-refractivity contribution in [1.29, 1.82) is 0 Å². The molecular weight excluding hydrogens is 409 g/mol. The number of aromatic nitrogens is 2. The van der Waals surface area contributed by atoms with Gasteiger partial charge in [-0.3, -0.25) is 4.57 Å². The molecule has 2 heterocycles. The Morgan fingerprint density at radius 1 is 1.29 bits per heavy atom. The van der Waals surface area contributed by atoms with Crippen LogP contribution >= 0.6 is 0 Å². The Balaban J connectivity index is 1.30. The largest absolute Gasteiger partial charge is 0.489 e. The third kappa shape index (κ3) is 4.55. The van der Waals surface area contributed by atoms with Crippen molar-refractivity contribution < 1.29 is 23.6 Å². The van der Waals surface area contributed by atoms with Gasteiger partial charge in [-0.05, 0) is 48.2 Å². The van der Waals surface area contributed by atoms with Crippen molar-refractivity contribution in [3.8, 4) is 11.8 Å². The predicted molar refractivity (Wildman–Crippen MR) is 109 cm³/mol. The number of hydrogen-bond acceptors (Lipinski definition) is 6. The summed E-state index contributed by atoms with van der Waals surface area (Å²) < 4.78 is 26.7. The molecule has 31 heavy (non-hydrogen) atoms. The van der Waals surface area contributed by atoms with Crippen LogP contribution in [0.1, 0.15) is 6.92 Å². The summed E-state index contributed by atoms with van der Waals surface area (Å²) in [6.45, 7) is 2.36. The molecule has 0 saturated heterocycles. The van der Waals surface area contributed by atoms with Crippen LogP contribution in [-0.2, 0) is 6.54 Å². The maximum Gasteiger partial charge on any atom is 0.415 e. The van der Waals surface area contributed by atoms with E-state index in [-0.39, 0.29) is 24.1 Å². The van der Waals surface area contributed by atoms with E-state index >= 15 is 0 Å². The summed E-state index contributed by atoms with van der Waals surface area (Å²) >= 11 is 0. The second kappa shape index (κ2) is 7.94. The molecule has 0 unspecified atom stereocenters. The lowest BCUT2D eigenvalue weighted by Gasteiger charge is -2.22. The number of anilines is 2. The van der Waals surface area contributed by atoms with E-state index in [2.05, 4.69) is 15.6 Å². The number of carbonyl (C=O) groups is 1. The lowest BCUT2D eigenvalue weighted by atomic mass is 10.1. The van der Waals surface area contributed by atoms with Crippen LogP contribution in [0.25, 0.3) is 0 Å². The lowest BCUT2D eigenvalue weighted by molar-refractivity contribution is -0.389. The fourth-order valence-electron chi connectivity index (χ4n) is 3.07. The van der Waals surface area contributed by atoms with E-state index in [1.807, 2.05) is 6.92 Å². The van der Waals surface area contributed by atoms with E-state index in [1.165, 1.54) is 24.4 Å². The molecule has 2 N–H and O–H groups in total. The molecule has 160 valence electrons. The van der Waals surface area contributed by atoms with E-state index in [0.29, 0.717) is 18.0 Å². The highest BCUT2D eigenvalue weighted by atomic mass is 19.1. The number of carbonyl (C=O) groups excluding carboxylic acids is 1. The van der Waals surface area contributed by atoms with Crippen molar-refractivity contribution in [2.24, 2.45) is 0 Å².